The number of aromatic nitrogens is 3. The Morgan fingerprint density at radius 1 is 0.529 bits per heavy atom. The molecule has 3 aliphatic heterocycles. The van der Waals surface area contributed by atoms with Gasteiger partial charge in [0.15, 0.2) is 0 Å². The Bertz CT molecular complexity index is 5030. The van der Waals surface area contributed by atoms with Crippen molar-refractivity contribution in [3.05, 3.63) is 232 Å². The summed E-state index contributed by atoms with van der Waals surface area (Å²) in [6.07, 6.45) is 18.8. The Hall–Kier alpha value is -8.61. The molecule has 3 aromatic heterocycles. The molecule has 87 heavy (non-hydrogen) atoms. The summed E-state index contributed by atoms with van der Waals surface area (Å²) in [5, 5.41) is 10.5. The van der Waals surface area contributed by atoms with E-state index in [1.54, 1.807) is 0 Å². The molecule has 3 aliphatic carbocycles. The minimum atomic E-state index is -0.267. The molecule has 0 fully saturated rings. The first-order valence-corrected chi connectivity index (χ1v) is 32.0. The van der Waals surface area contributed by atoms with Gasteiger partial charge in [-0.1, -0.05) is 222 Å². The van der Waals surface area contributed by atoms with Crippen LogP contribution in [0.3, 0.4) is 0 Å². The van der Waals surface area contributed by atoms with Crippen molar-refractivity contribution in [2.45, 2.75) is 136 Å². The number of nitrogens with zero attached hydrogens (tertiary/aromatic N) is 4. The number of hydrogen-bond acceptors (Lipinski definition) is 2. The predicted molar refractivity (Wildman–Crippen MR) is 371 cm³/mol. The molecule has 0 amide bonds. The molecule has 6 heteroatoms. The van der Waals surface area contributed by atoms with Crippen molar-refractivity contribution in [2.24, 2.45) is 10.9 Å². The SMILES string of the molecule is CC(C)(C)c1ccc2c(c1)-c1cc(C(C)(C)C)cc3c1C2c1cc(-n2c4c(c5ccc6c7ccccc7n(C7=CC(C8C=CC=CC8)=NC(c8ccccc8)N7)c6c52)CCC=C4)cc2c1B3c1cc(C(C)(C)C)cc3c4cc(C(C)(C)C)ccc4n-2c13. The van der Waals surface area contributed by atoms with E-state index in [0.717, 1.165) is 36.4 Å². The van der Waals surface area contributed by atoms with Gasteiger partial charge in [-0.05, 0) is 156 Å². The van der Waals surface area contributed by atoms with Gasteiger partial charge in [0.25, 0.3) is 0 Å². The summed E-state index contributed by atoms with van der Waals surface area (Å²) < 4.78 is 8.01. The van der Waals surface area contributed by atoms with Crippen LogP contribution in [0.4, 0.5) is 0 Å². The predicted octanol–water partition coefficient (Wildman–Crippen LogP) is 18.0. The van der Waals surface area contributed by atoms with Gasteiger partial charge in [0.1, 0.15) is 12.0 Å². The first kappa shape index (κ1) is 52.7. The van der Waals surface area contributed by atoms with E-state index in [-0.39, 0.29) is 46.4 Å². The summed E-state index contributed by atoms with van der Waals surface area (Å²) in [5.41, 5.74) is 30.4. The third-order valence-electron chi connectivity index (χ3n) is 20.7. The Morgan fingerprint density at radius 2 is 1.21 bits per heavy atom. The number of hydrogen-bond donors (Lipinski definition) is 1. The fraction of sp³-hybridized carbons (Fsp3) is 0.272. The molecule has 0 saturated heterocycles. The van der Waals surface area contributed by atoms with E-state index in [9.17, 15) is 0 Å². The third kappa shape index (κ3) is 7.61. The number of benzene rings is 8. The van der Waals surface area contributed by atoms with Gasteiger partial charge in [0, 0.05) is 73.1 Å². The highest BCUT2D eigenvalue weighted by Gasteiger charge is 2.48. The van der Waals surface area contributed by atoms with Gasteiger partial charge < -0.3 is 14.5 Å². The van der Waals surface area contributed by atoms with Crippen molar-refractivity contribution in [2.75, 3.05) is 0 Å². The van der Waals surface area contributed by atoms with Crippen LogP contribution in [0.2, 0.25) is 0 Å². The number of allylic oxidation sites excluding steroid dienone is 6. The lowest BCUT2D eigenvalue weighted by atomic mass is 9.31. The maximum absolute atomic E-state index is 5.53. The second-order valence-corrected chi connectivity index (χ2v) is 30.2. The van der Waals surface area contributed by atoms with E-state index in [2.05, 4.69) is 284 Å². The highest BCUT2D eigenvalue weighted by atomic mass is 15.2. The molecule has 0 bridgehead atoms. The number of aryl methyl sites for hydroxylation is 1. The monoisotopic (exact) mass is 1130 g/mol. The Morgan fingerprint density at radius 3 is 1.98 bits per heavy atom. The fourth-order valence-electron chi connectivity index (χ4n) is 16.2. The summed E-state index contributed by atoms with van der Waals surface area (Å²) in [7, 11) is 0. The number of fused-ring (bicyclic) bond motifs is 17. The lowest BCUT2D eigenvalue weighted by Crippen LogP contribution is -2.61. The molecule has 428 valence electrons. The van der Waals surface area contributed by atoms with Crippen LogP contribution < -0.4 is 21.7 Å². The zero-order chi connectivity index (χ0) is 59.5. The average Bonchev–Trinajstić information content (AvgIpc) is 1.59. The lowest BCUT2D eigenvalue weighted by molar-refractivity contribution is 0.589. The van der Waals surface area contributed by atoms with E-state index >= 15 is 0 Å². The first-order valence-electron chi connectivity index (χ1n) is 32.0. The van der Waals surface area contributed by atoms with Crippen LogP contribution in [0.5, 0.6) is 0 Å². The zero-order valence-electron chi connectivity index (χ0n) is 52.5. The Labute approximate surface area is 512 Å². The highest BCUT2D eigenvalue weighted by Crippen LogP contribution is 2.54. The minimum Gasteiger partial charge on any atom is -0.346 e. The van der Waals surface area contributed by atoms with Crippen LogP contribution >= 0.6 is 0 Å². The summed E-state index contributed by atoms with van der Waals surface area (Å²) in [6, 6.07) is 55.5. The van der Waals surface area contributed by atoms with Gasteiger partial charge in [-0.2, -0.15) is 0 Å². The number of aliphatic imine (C=N–C) groups is 1. The standard InChI is InChI=1S/C81H76BN5/c1-78(2,3)48-31-33-55-58(37-48)60-39-50(80(7,8)9)41-63-72(60)71(55)62-43-52(44-69-73(62)82(63)64-42-51(81(10,11)12)40-61-59-38-49(79(4,5)6)32-36-68(59)86(69)74(61)64)85-66-29-21-19-27-53(66)56-34-35-57-54-28-20-22-30-67(54)87(76(57)75(56)85)70-45-65(46-23-15-13-16-24-46)83-77(84-70)47-25-17-14-18-26-47/h13-18,20-23,25-26,28-46,71,77,84H,19,24,27H2,1-12H3. The smallest absolute Gasteiger partial charge is 0.247 e. The molecule has 5 nitrogen and oxygen atoms in total. The molecule has 8 aromatic carbocycles. The molecular weight excluding hydrogens is 1050 g/mol. The molecule has 6 aliphatic rings. The van der Waals surface area contributed by atoms with Gasteiger partial charge in [0.2, 0.25) is 6.71 Å². The zero-order valence-corrected chi connectivity index (χ0v) is 52.5. The van der Waals surface area contributed by atoms with Crippen LogP contribution in [0.25, 0.3) is 88.9 Å². The highest BCUT2D eigenvalue weighted by molar-refractivity contribution is 6.99. The van der Waals surface area contributed by atoms with E-state index in [1.165, 1.54) is 144 Å². The topological polar surface area (TPSA) is 39.2 Å². The van der Waals surface area contributed by atoms with Crippen LogP contribution in [-0.4, -0.2) is 26.1 Å². The molecule has 1 N–H and O–H groups in total. The molecular formula is C81H76BN5. The van der Waals surface area contributed by atoms with E-state index in [1.807, 2.05) is 0 Å². The van der Waals surface area contributed by atoms with E-state index < -0.39 is 0 Å². The van der Waals surface area contributed by atoms with Crippen molar-refractivity contribution in [1.29, 1.82) is 0 Å². The first-order chi connectivity index (χ1) is 41.7. The Balaban J connectivity index is 1.02. The molecule has 0 saturated carbocycles. The Kier molecular flexibility index (Phi) is 10.9. The minimum absolute atomic E-state index is 0.00753. The van der Waals surface area contributed by atoms with Gasteiger partial charge in [0.05, 0.1) is 22.1 Å². The van der Waals surface area contributed by atoms with Crippen LogP contribution in [0, 0.1) is 5.92 Å². The van der Waals surface area contributed by atoms with Crippen molar-refractivity contribution < 1.29 is 0 Å². The van der Waals surface area contributed by atoms with Crippen molar-refractivity contribution in [3.8, 4) is 22.5 Å². The second kappa shape index (κ2) is 18.0. The lowest BCUT2D eigenvalue weighted by Gasteiger charge is -2.38. The second-order valence-electron chi connectivity index (χ2n) is 30.2. The van der Waals surface area contributed by atoms with Gasteiger partial charge in [-0.15, -0.1) is 0 Å². The van der Waals surface area contributed by atoms with Crippen molar-refractivity contribution in [3.63, 3.8) is 0 Å². The molecule has 0 radical (unpaired) electrons. The fourth-order valence-corrected chi connectivity index (χ4v) is 16.2. The molecule has 0 spiro atoms. The summed E-state index contributed by atoms with van der Waals surface area (Å²) in [6.45, 7) is 28.6. The summed E-state index contributed by atoms with van der Waals surface area (Å²) >= 11 is 0. The largest absolute Gasteiger partial charge is 0.346 e. The van der Waals surface area contributed by atoms with E-state index in [4.69, 9.17) is 4.99 Å². The molecule has 3 unspecified atom stereocenters. The maximum atomic E-state index is 5.53. The van der Waals surface area contributed by atoms with Crippen LogP contribution in [0.15, 0.2) is 181 Å². The van der Waals surface area contributed by atoms with E-state index in [0.29, 0.717) is 0 Å². The molecule has 11 aromatic rings. The van der Waals surface area contributed by atoms with Crippen molar-refractivity contribution in [1.82, 2.24) is 19.0 Å². The number of nitrogens with one attached hydrogen (secondary N) is 1. The van der Waals surface area contributed by atoms with Gasteiger partial charge in [-0.25, -0.2) is 0 Å². The summed E-state index contributed by atoms with van der Waals surface area (Å²) in [5.74, 6) is 1.23. The summed E-state index contributed by atoms with van der Waals surface area (Å²) in [4.78, 5) is 5.53. The number of rotatable bonds is 4. The molecule has 3 atom stereocenters. The quantitative estimate of drug-likeness (QED) is 0.175. The third-order valence-corrected chi connectivity index (χ3v) is 20.7. The van der Waals surface area contributed by atoms with Crippen LogP contribution in [0.1, 0.15) is 164 Å². The average molecular weight is 1130 g/mol. The van der Waals surface area contributed by atoms with Gasteiger partial charge in [-0.3, -0.25) is 9.56 Å². The van der Waals surface area contributed by atoms with Crippen molar-refractivity contribution >= 4 is 95.2 Å². The maximum Gasteiger partial charge on any atom is 0.247 e. The number of para-hydroxylation sites is 1. The van der Waals surface area contributed by atoms with Gasteiger partial charge >= 0.3 is 0 Å². The molecule has 17 rings (SSSR count). The molecule has 6 heterocycles. The van der Waals surface area contributed by atoms with Crippen LogP contribution in [-0.2, 0) is 28.1 Å². The normalized spacial score (nSPS) is 18.4.